The lowest BCUT2D eigenvalue weighted by Gasteiger charge is -2.07. The molecular formula is C10H24N4O. The standard InChI is InChI=1S/C10H24N4O/c1-12-6-3-4-7-13-8-5-9-14-10(11)15-2/h12-13H,3-9H2,1-2H3,(H2,11,14). The van der Waals surface area contributed by atoms with E-state index in [4.69, 9.17) is 5.41 Å². The van der Waals surface area contributed by atoms with Crippen molar-refractivity contribution in [2.24, 2.45) is 0 Å². The number of hydrogen-bond donors (Lipinski definition) is 4. The predicted molar refractivity (Wildman–Crippen MR) is 63.4 cm³/mol. The first-order valence-electron chi connectivity index (χ1n) is 5.53. The molecule has 0 saturated heterocycles. The highest BCUT2D eigenvalue weighted by atomic mass is 16.5. The van der Waals surface area contributed by atoms with Crippen LogP contribution in [0.1, 0.15) is 19.3 Å². The summed E-state index contributed by atoms with van der Waals surface area (Å²) in [7, 11) is 3.47. The smallest absolute Gasteiger partial charge is 0.281 e. The lowest BCUT2D eigenvalue weighted by Crippen LogP contribution is -2.28. The molecule has 0 heterocycles. The van der Waals surface area contributed by atoms with Crippen molar-refractivity contribution in [3.05, 3.63) is 0 Å². The largest absolute Gasteiger partial charge is 0.469 e. The summed E-state index contributed by atoms with van der Waals surface area (Å²) in [4.78, 5) is 0. The summed E-state index contributed by atoms with van der Waals surface area (Å²) in [5.74, 6) is 0. The molecule has 0 amide bonds. The van der Waals surface area contributed by atoms with Crippen LogP contribution in [0.3, 0.4) is 0 Å². The second-order valence-corrected chi connectivity index (χ2v) is 3.37. The van der Waals surface area contributed by atoms with Gasteiger partial charge in [-0.05, 0) is 45.9 Å². The normalized spacial score (nSPS) is 10.0. The second kappa shape index (κ2) is 11.3. The summed E-state index contributed by atoms with van der Waals surface area (Å²) in [5, 5.41) is 16.5. The SMILES string of the molecule is CNCCCCNCCCNC(=N)OC. The van der Waals surface area contributed by atoms with Gasteiger partial charge >= 0.3 is 0 Å². The summed E-state index contributed by atoms with van der Waals surface area (Å²) in [6.07, 6.45) is 3.44. The van der Waals surface area contributed by atoms with Crippen molar-refractivity contribution in [3.63, 3.8) is 0 Å². The van der Waals surface area contributed by atoms with Crippen LogP contribution in [-0.4, -0.2) is 46.4 Å². The van der Waals surface area contributed by atoms with Crippen LogP contribution in [0.4, 0.5) is 0 Å². The van der Waals surface area contributed by atoms with Gasteiger partial charge in [-0.25, -0.2) is 0 Å². The molecule has 0 aromatic heterocycles. The molecule has 4 N–H and O–H groups in total. The molecule has 0 aliphatic heterocycles. The third-order valence-corrected chi connectivity index (χ3v) is 2.05. The van der Waals surface area contributed by atoms with Crippen LogP contribution >= 0.6 is 0 Å². The highest BCUT2D eigenvalue weighted by molar-refractivity contribution is 5.69. The van der Waals surface area contributed by atoms with E-state index in [1.165, 1.54) is 20.0 Å². The molecule has 0 saturated carbocycles. The fourth-order valence-electron chi connectivity index (χ4n) is 1.16. The highest BCUT2D eigenvalue weighted by Gasteiger charge is 1.92. The van der Waals surface area contributed by atoms with Gasteiger partial charge in [0.2, 0.25) is 0 Å². The summed E-state index contributed by atoms with van der Waals surface area (Å²) in [5.41, 5.74) is 0. The van der Waals surface area contributed by atoms with Gasteiger partial charge in [0.15, 0.2) is 0 Å². The first-order valence-corrected chi connectivity index (χ1v) is 5.53. The Morgan fingerprint density at radius 3 is 2.40 bits per heavy atom. The highest BCUT2D eigenvalue weighted by Crippen LogP contribution is 1.84. The molecule has 0 atom stereocenters. The second-order valence-electron chi connectivity index (χ2n) is 3.37. The van der Waals surface area contributed by atoms with Crippen LogP contribution in [0, 0.1) is 5.41 Å². The molecule has 90 valence electrons. The van der Waals surface area contributed by atoms with E-state index in [9.17, 15) is 0 Å². The molecule has 0 bridgehead atoms. The van der Waals surface area contributed by atoms with Crippen molar-refractivity contribution in [2.45, 2.75) is 19.3 Å². The molecule has 0 spiro atoms. The van der Waals surface area contributed by atoms with Crippen LogP contribution in [0.25, 0.3) is 0 Å². The molecule has 15 heavy (non-hydrogen) atoms. The third kappa shape index (κ3) is 11.1. The molecule has 5 nitrogen and oxygen atoms in total. The molecule has 0 aromatic carbocycles. The van der Waals surface area contributed by atoms with Gasteiger partial charge in [0.1, 0.15) is 0 Å². The van der Waals surface area contributed by atoms with Gasteiger partial charge < -0.3 is 20.7 Å². The van der Waals surface area contributed by atoms with Crippen molar-refractivity contribution >= 4 is 6.02 Å². The van der Waals surface area contributed by atoms with Crippen LogP contribution < -0.4 is 16.0 Å². The fourth-order valence-corrected chi connectivity index (χ4v) is 1.16. The fraction of sp³-hybridized carbons (Fsp3) is 0.900. The van der Waals surface area contributed by atoms with Crippen molar-refractivity contribution in [1.82, 2.24) is 16.0 Å². The van der Waals surface area contributed by atoms with Gasteiger partial charge in [-0.3, -0.25) is 5.41 Å². The van der Waals surface area contributed by atoms with Crippen LogP contribution in [0.2, 0.25) is 0 Å². The number of hydrogen-bond acceptors (Lipinski definition) is 4. The molecule has 0 radical (unpaired) electrons. The zero-order valence-electron chi connectivity index (χ0n) is 9.86. The maximum atomic E-state index is 7.17. The Kier molecular flexibility index (Phi) is 10.7. The van der Waals surface area contributed by atoms with Crippen LogP contribution in [-0.2, 0) is 4.74 Å². The molecule has 0 fully saturated rings. The Hall–Kier alpha value is -0.810. The lowest BCUT2D eigenvalue weighted by molar-refractivity contribution is 0.375. The maximum absolute atomic E-state index is 7.17. The van der Waals surface area contributed by atoms with E-state index >= 15 is 0 Å². The average Bonchev–Trinajstić information content (AvgIpc) is 2.26. The number of nitrogens with one attached hydrogen (secondary N) is 4. The zero-order valence-corrected chi connectivity index (χ0v) is 9.86. The maximum Gasteiger partial charge on any atom is 0.281 e. The molecule has 0 aliphatic carbocycles. The first-order chi connectivity index (χ1) is 7.31. The van der Waals surface area contributed by atoms with Gasteiger partial charge in [-0.2, -0.15) is 0 Å². The topological polar surface area (TPSA) is 69.2 Å². The number of rotatable bonds is 9. The quantitative estimate of drug-likeness (QED) is 0.251. The van der Waals surface area contributed by atoms with Crippen molar-refractivity contribution in [3.8, 4) is 0 Å². The Bertz CT molecular complexity index is 152. The van der Waals surface area contributed by atoms with E-state index in [2.05, 4.69) is 20.7 Å². The third-order valence-electron chi connectivity index (χ3n) is 2.05. The van der Waals surface area contributed by atoms with E-state index in [0.717, 1.165) is 32.6 Å². The summed E-state index contributed by atoms with van der Waals surface area (Å²) >= 11 is 0. The predicted octanol–water partition coefficient (Wildman–Crippen LogP) is 0.136. The van der Waals surface area contributed by atoms with Gasteiger partial charge in [-0.1, -0.05) is 0 Å². The van der Waals surface area contributed by atoms with E-state index in [0.29, 0.717) is 0 Å². The summed E-state index contributed by atoms with van der Waals surface area (Å²) < 4.78 is 4.67. The molecule has 0 aromatic rings. The molecule has 0 rings (SSSR count). The van der Waals surface area contributed by atoms with E-state index in [1.807, 2.05) is 7.05 Å². The number of ether oxygens (including phenoxy) is 1. The molecule has 0 aliphatic rings. The number of methoxy groups -OCH3 is 1. The monoisotopic (exact) mass is 216 g/mol. The Morgan fingerprint density at radius 1 is 1.07 bits per heavy atom. The van der Waals surface area contributed by atoms with E-state index in [1.54, 1.807) is 0 Å². The minimum absolute atomic E-state index is 0.143. The molecule has 0 unspecified atom stereocenters. The van der Waals surface area contributed by atoms with Crippen molar-refractivity contribution in [1.29, 1.82) is 5.41 Å². The van der Waals surface area contributed by atoms with E-state index < -0.39 is 0 Å². The summed E-state index contributed by atoms with van der Waals surface area (Å²) in [6, 6.07) is 0.143. The van der Waals surface area contributed by atoms with Gasteiger partial charge in [0.05, 0.1) is 7.11 Å². The van der Waals surface area contributed by atoms with Gasteiger partial charge in [-0.15, -0.1) is 0 Å². The minimum Gasteiger partial charge on any atom is -0.469 e. The average molecular weight is 216 g/mol. The number of unbranched alkanes of at least 4 members (excludes halogenated alkanes) is 1. The Labute approximate surface area is 92.5 Å². The van der Waals surface area contributed by atoms with Gasteiger partial charge in [0, 0.05) is 6.54 Å². The van der Waals surface area contributed by atoms with Gasteiger partial charge in [0.25, 0.3) is 6.02 Å². The zero-order chi connectivity index (χ0) is 11.4. The minimum atomic E-state index is 0.143. The van der Waals surface area contributed by atoms with Crippen LogP contribution in [0.15, 0.2) is 0 Å². The number of amidine groups is 1. The molecule has 5 heteroatoms. The Morgan fingerprint density at radius 2 is 1.73 bits per heavy atom. The van der Waals surface area contributed by atoms with Crippen LogP contribution in [0.5, 0.6) is 0 Å². The Balaban J connectivity index is 2.95. The van der Waals surface area contributed by atoms with Crippen molar-refractivity contribution in [2.75, 3.05) is 40.3 Å². The van der Waals surface area contributed by atoms with Crippen molar-refractivity contribution < 1.29 is 4.74 Å². The summed E-state index contributed by atoms with van der Waals surface area (Å²) in [6.45, 7) is 3.94. The molecular weight excluding hydrogens is 192 g/mol. The lowest BCUT2D eigenvalue weighted by atomic mass is 10.3. The first kappa shape index (κ1) is 14.2. The van der Waals surface area contributed by atoms with E-state index in [-0.39, 0.29) is 6.02 Å².